The molecule has 3 rings (SSSR count). The molecule has 2 aromatic rings. The van der Waals surface area contributed by atoms with Gasteiger partial charge < -0.3 is 15.8 Å². The fourth-order valence-corrected chi connectivity index (χ4v) is 5.42. The Morgan fingerprint density at radius 3 is 2.03 bits per heavy atom. The van der Waals surface area contributed by atoms with Crippen LogP contribution in [0.1, 0.15) is 53.0 Å². The molecule has 39 heavy (non-hydrogen) atoms. The first-order chi connectivity index (χ1) is 18.1. The van der Waals surface area contributed by atoms with E-state index in [4.69, 9.17) is 10.5 Å². The van der Waals surface area contributed by atoms with Gasteiger partial charge >= 0.3 is 6.09 Å². The number of sulfone groups is 1. The van der Waals surface area contributed by atoms with Crippen LogP contribution in [-0.2, 0) is 30.6 Å². The van der Waals surface area contributed by atoms with Crippen LogP contribution in [0.15, 0.2) is 53.4 Å². The molecule has 4 atom stereocenters. The molecule has 0 aliphatic carbocycles. The highest BCUT2D eigenvalue weighted by Crippen LogP contribution is 2.30. The van der Waals surface area contributed by atoms with Crippen molar-refractivity contribution in [2.45, 2.75) is 82.5 Å². The van der Waals surface area contributed by atoms with Crippen LogP contribution in [0.5, 0.6) is 0 Å². The van der Waals surface area contributed by atoms with Gasteiger partial charge in [0.2, 0.25) is 11.8 Å². The van der Waals surface area contributed by atoms with Gasteiger partial charge in [0, 0.05) is 18.7 Å². The molecule has 0 radical (unpaired) electrons. The summed E-state index contributed by atoms with van der Waals surface area (Å²) in [5.41, 5.74) is 7.45. The van der Waals surface area contributed by atoms with Gasteiger partial charge in [-0.25, -0.2) is 13.2 Å². The number of hydrogen-bond donors (Lipinski definition) is 2. The molecular formula is C29H39N3O6S. The summed E-state index contributed by atoms with van der Waals surface area (Å²) < 4.78 is 29.0. The van der Waals surface area contributed by atoms with Crippen LogP contribution >= 0.6 is 0 Å². The highest BCUT2D eigenvalue weighted by molar-refractivity contribution is 7.90. The Morgan fingerprint density at radius 2 is 1.54 bits per heavy atom. The van der Waals surface area contributed by atoms with Crippen molar-refractivity contribution in [2.24, 2.45) is 11.7 Å². The molecule has 0 spiro atoms. The number of amides is 3. The highest BCUT2D eigenvalue weighted by atomic mass is 32.2. The van der Waals surface area contributed by atoms with Crippen LogP contribution in [0.4, 0.5) is 4.79 Å². The topological polar surface area (TPSA) is 136 Å². The first-order valence-corrected chi connectivity index (χ1v) is 15.0. The number of nitrogens with two attached hydrogens (primary N) is 1. The lowest BCUT2D eigenvalue weighted by Crippen LogP contribution is -2.61. The summed E-state index contributed by atoms with van der Waals surface area (Å²) in [6.45, 7) is 9.12. The normalized spacial score (nSPS) is 20.7. The summed E-state index contributed by atoms with van der Waals surface area (Å²) >= 11 is 0. The number of nitrogens with zero attached hydrogens (tertiary/aromatic N) is 1. The monoisotopic (exact) mass is 557 g/mol. The first kappa shape index (κ1) is 30.1. The minimum atomic E-state index is -3.28. The third-order valence-corrected chi connectivity index (χ3v) is 8.02. The van der Waals surface area contributed by atoms with E-state index in [0.717, 1.165) is 35.8 Å². The van der Waals surface area contributed by atoms with Gasteiger partial charge in [-0.3, -0.25) is 14.5 Å². The standard InChI is InChI=1S/C29H39N3O6S/c1-18-7-8-19(2)32(28(35)38-29(3,4)5)25(18)27(34)31-24(26(30)33)17-20-9-11-21(12-10-20)22-13-15-23(16-14-22)39(6,36)37/h9-16,18-19,24-25H,7-8,17H2,1-6H3,(H2,30,33)(H,31,34)/t18-,19+,24+,25+/m1/s1. The Labute approximate surface area is 231 Å². The van der Waals surface area contributed by atoms with Gasteiger partial charge in [-0.15, -0.1) is 0 Å². The molecule has 3 N–H and O–H groups in total. The zero-order chi connectivity index (χ0) is 29.1. The molecule has 0 unspecified atom stereocenters. The summed E-state index contributed by atoms with van der Waals surface area (Å²) in [6.07, 6.45) is 2.28. The number of primary amides is 1. The predicted octanol–water partition coefficient (Wildman–Crippen LogP) is 3.69. The van der Waals surface area contributed by atoms with Crippen molar-refractivity contribution in [1.29, 1.82) is 0 Å². The molecule has 1 saturated heterocycles. The Morgan fingerprint density at radius 1 is 1.00 bits per heavy atom. The average Bonchev–Trinajstić information content (AvgIpc) is 2.83. The van der Waals surface area contributed by atoms with Crippen molar-refractivity contribution in [1.82, 2.24) is 10.2 Å². The maximum Gasteiger partial charge on any atom is 0.411 e. The molecular weight excluding hydrogens is 518 g/mol. The van der Waals surface area contributed by atoms with Crippen molar-refractivity contribution >= 4 is 27.7 Å². The van der Waals surface area contributed by atoms with Gasteiger partial charge in [0.15, 0.2) is 9.84 Å². The number of benzene rings is 2. The van der Waals surface area contributed by atoms with Crippen molar-refractivity contribution in [2.75, 3.05) is 6.26 Å². The van der Waals surface area contributed by atoms with E-state index in [-0.39, 0.29) is 23.3 Å². The van der Waals surface area contributed by atoms with Gasteiger partial charge in [0.05, 0.1) is 4.90 Å². The van der Waals surface area contributed by atoms with E-state index in [0.29, 0.717) is 0 Å². The maximum absolute atomic E-state index is 13.5. The molecule has 3 amide bonds. The third-order valence-electron chi connectivity index (χ3n) is 6.90. The van der Waals surface area contributed by atoms with Gasteiger partial charge in [0.25, 0.3) is 0 Å². The molecule has 1 aliphatic rings. The van der Waals surface area contributed by atoms with Crippen LogP contribution in [-0.4, -0.2) is 61.2 Å². The Bertz CT molecular complexity index is 1300. The predicted molar refractivity (Wildman–Crippen MR) is 150 cm³/mol. The Hall–Kier alpha value is -3.40. The number of rotatable bonds is 7. The number of carbonyl (C=O) groups excluding carboxylic acids is 3. The summed E-state index contributed by atoms with van der Waals surface area (Å²) in [7, 11) is -3.28. The molecule has 1 heterocycles. The van der Waals surface area contributed by atoms with E-state index in [2.05, 4.69) is 5.32 Å². The number of piperidine rings is 1. The lowest BCUT2D eigenvalue weighted by molar-refractivity contribution is -0.134. The van der Waals surface area contributed by atoms with Gasteiger partial charge in [0.1, 0.15) is 17.7 Å². The number of ether oxygens (including phenoxy) is 1. The van der Waals surface area contributed by atoms with E-state index in [9.17, 15) is 22.8 Å². The molecule has 1 aliphatic heterocycles. The van der Waals surface area contributed by atoms with Crippen LogP contribution in [0.3, 0.4) is 0 Å². The lowest BCUT2D eigenvalue weighted by Gasteiger charge is -2.43. The van der Waals surface area contributed by atoms with Crippen molar-refractivity contribution in [3.05, 3.63) is 54.1 Å². The molecule has 0 saturated carbocycles. The zero-order valence-electron chi connectivity index (χ0n) is 23.4. The number of carbonyl (C=O) groups is 3. The first-order valence-electron chi connectivity index (χ1n) is 13.1. The minimum Gasteiger partial charge on any atom is -0.444 e. The molecule has 1 fully saturated rings. The quantitative estimate of drug-likeness (QED) is 0.533. The number of likely N-dealkylation sites (tertiary alicyclic amines) is 1. The van der Waals surface area contributed by atoms with Gasteiger partial charge in [-0.2, -0.15) is 0 Å². The molecule has 2 aromatic carbocycles. The largest absolute Gasteiger partial charge is 0.444 e. The van der Waals surface area contributed by atoms with Gasteiger partial charge in [-0.1, -0.05) is 43.3 Å². The van der Waals surface area contributed by atoms with Crippen molar-refractivity contribution < 1.29 is 27.5 Å². The Balaban J connectivity index is 1.75. The smallest absolute Gasteiger partial charge is 0.411 e. The summed E-state index contributed by atoms with van der Waals surface area (Å²) in [5, 5.41) is 2.78. The third kappa shape index (κ3) is 7.81. The Kier molecular flexibility index (Phi) is 9.10. The van der Waals surface area contributed by atoms with E-state index < -0.39 is 45.4 Å². The minimum absolute atomic E-state index is 0.129. The number of hydrogen-bond acceptors (Lipinski definition) is 6. The van der Waals surface area contributed by atoms with Crippen LogP contribution in [0.2, 0.25) is 0 Å². The van der Waals surface area contributed by atoms with E-state index in [1.807, 2.05) is 38.1 Å². The van der Waals surface area contributed by atoms with Crippen LogP contribution in [0, 0.1) is 5.92 Å². The fourth-order valence-electron chi connectivity index (χ4n) is 4.79. The van der Waals surface area contributed by atoms with Gasteiger partial charge in [-0.05, 0) is 75.3 Å². The molecule has 0 bridgehead atoms. The average molecular weight is 558 g/mol. The second-order valence-electron chi connectivity index (χ2n) is 11.4. The lowest BCUT2D eigenvalue weighted by atomic mass is 9.86. The van der Waals surface area contributed by atoms with Crippen molar-refractivity contribution in [3.63, 3.8) is 0 Å². The molecule has 212 valence electrons. The van der Waals surface area contributed by atoms with Crippen molar-refractivity contribution in [3.8, 4) is 11.1 Å². The maximum atomic E-state index is 13.5. The fraction of sp³-hybridized carbons (Fsp3) is 0.483. The summed E-state index contributed by atoms with van der Waals surface area (Å²) in [6, 6.07) is 12.0. The van der Waals surface area contributed by atoms with Crippen LogP contribution < -0.4 is 11.1 Å². The highest BCUT2D eigenvalue weighted by Gasteiger charge is 2.43. The number of nitrogens with one attached hydrogen (secondary N) is 1. The second-order valence-corrected chi connectivity index (χ2v) is 13.4. The summed E-state index contributed by atoms with van der Waals surface area (Å²) in [4.78, 5) is 40.5. The zero-order valence-corrected chi connectivity index (χ0v) is 24.2. The second kappa shape index (κ2) is 11.8. The van der Waals surface area contributed by atoms with E-state index >= 15 is 0 Å². The molecule has 10 heteroatoms. The van der Waals surface area contributed by atoms with Crippen LogP contribution in [0.25, 0.3) is 11.1 Å². The summed E-state index contributed by atoms with van der Waals surface area (Å²) in [5.74, 6) is -1.24. The van der Waals surface area contributed by atoms with E-state index in [1.165, 1.54) is 4.90 Å². The van der Waals surface area contributed by atoms with E-state index in [1.54, 1.807) is 45.0 Å². The molecule has 9 nitrogen and oxygen atoms in total. The SMILES string of the molecule is C[C@@H]1CC[C@H](C)N(C(=O)OC(C)(C)C)[C@@H]1C(=O)N[C@@H](Cc1ccc(-c2ccc(S(C)(=O)=O)cc2)cc1)C(N)=O. The molecule has 0 aromatic heterocycles.